The van der Waals surface area contributed by atoms with Gasteiger partial charge in [0, 0.05) is 18.9 Å². The second kappa shape index (κ2) is 7.32. The van der Waals surface area contributed by atoms with Crippen LogP contribution in [0.15, 0.2) is 67.0 Å². The third kappa shape index (κ3) is 3.46. The van der Waals surface area contributed by atoms with E-state index in [0.29, 0.717) is 5.92 Å². The Hall–Kier alpha value is -2.21. The van der Waals surface area contributed by atoms with E-state index in [1.807, 2.05) is 24.3 Å². The number of thiazole rings is 1. The first-order valence-electron chi connectivity index (χ1n) is 10.0. The lowest BCUT2D eigenvalue weighted by Crippen LogP contribution is -2.44. The van der Waals surface area contributed by atoms with E-state index in [1.165, 1.54) is 10.4 Å². The summed E-state index contributed by atoms with van der Waals surface area (Å²) in [5.41, 5.74) is 1.72. The number of allylic oxidation sites excluding steroid dienone is 2. The normalized spacial score (nSPS) is 23.6. The number of rotatable bonds is 4. The minimum atomic E-state index is -0.647. The molecule has 0 bridgehead atoms. The van der Waals surface area contributed by atoms with Crippen molar-refractivity contribution in [2.24, 2.45) is 5.92 Å². The van der Waals surface area contributed by atoms with Crippen LogP contribution in [0.5, 0.6) is 0 Å². The van der Waals surface area contributed by atoms with Gasteiger partial charge >= 0.3 is 0 Å². The van der Waals surface area contributed by atoms with Crippen molar-refractivity contribution in [2.75, 3.05) is 13.1 Å². The van der Waals surface area contributed by atoms with E-state index >= 15 is 0 Å². The Labute approximate surface area is 169 Å². The van der Waals surface area contributed by atoms with Crippen molar-refractivity contribution in [3.8, 4) is 10.4 Å². The van der Waals surface area contributed by atoms with Gasteiger partial charge in [0.1, 0.15) is 0 Å². The Balaban J connectivity index is 1.22. The molecule has 1 atom stereocenters. The number of hydrogen-bond donors (Lipinski definition) is 1. The van der Waals surface area contributed by atoms with Crippen LogP contribution in [-0.2, 0) is 6.54 Å². The lowest BCUT2D eigenvalue weighted by Gasteiger charge is -2.40. The summed E-state index contributed by atoms with van der Waals surface area (Å²) in [4.78, 5) is 9.61. The van der Waals surface area contributed by atoms with Gasteiger partial charge in [-0.1, -0.05) is 66.0 Å². The molecule has 0 spiro atoms. The number of aliphatic hydroxyl groups is 1. The van der Waals surface area contributed by atoms with E-state index in [2.05, 4.69) is 52.0 Å². The smallest absolute Gasteiger partial charge is 0.194 e. The second-order valence-electron chi connectivity index (χ2n) is 7.92. The highest BCUT2D eigenvalue weighted by molar-refractivity contribution is 7.20. The summed E-state index contributed by atoms with van der Waals surface area (Å²) in [7, 11) is 0. The second-order valence-corrected chi connectivity index (χ2v) is 8.93. The van der Waals surface area contributed by atoms with Crippen LogP contribution in [0.25, 0.3) is 15.4 Å². The summed E-state index contributed by atoms with van der Waals surface area (Å²) in [5.74, 6) is 0.351. The molecular formula is C23H25N3OS. The summed E-state index contributed by atoms with van der Waals surface area (Å²) < 4.78 is 2.15. The molecule has 1 saturated heterocycles. The molecule has 2 aromatic heterocycles. The van der Waals surface area contributed by atoms with Crippen LogP contribution in [-0.4, -0.2) is 38.1 Å². The molecule has 144 valence electrons. The van der Waals surface area contributed by atoms with Crippen molar-refractivity contribution in [3.05, 3.63) is 72.7 Å². The highest BCUT2D eigenvalue weighted by Crippen LogP contribution is 2.34. The van der Waals surface area contributed by atoms with Gasteiger partial charge in [-0.25, -0.2) is 4.98 Å². The maximum atomic E-state index is 10.9. The van der Waals surface area contributed by atoms with Gasteiger partial charge in [0.05, 0.1) is 16.2 Å². The molecule has 3 aromatic rings. The van der Waals surface area contributed by atoms with E-state index in [1.54, 1.807) is 11.3 Å². The van der Waals surface area contributed by atoms with Crippen LogP contribution in [0.4, 0.5) is 0 Å². The van der Waals surface area contributed by atoms with Crippen LogP contribution in [0, 0.1) is 5.92 Å². The summed E-state index contributed by atoms with van der Waals surface area (Å²) in [5, 5.41) is 10.9. The molecule has 5 heteroatoms. The monoisotopic (exact) mass is 391 g/mol. The lowest BCUT2D eigenvalue weighted by atomic mass is 9.77. The molecule has 1 fully saturated rings. The SMILES string of the molecule is OC1(C2CCN(Cc3cn4cc(-c5ccccc5)sc4n3)CC2)C=CC=CC1. The van der Waals surface area contributed by atoms with Gasteiger partial charge in [0.2, 0.25) is 0 Å². The lowest BCUT2D eigenvalue weighted by molar-refractivity contribution is -0.00333. The topological polar surface area (TPSA) is 40.8 Å². The zero-order chi connectivity index (χ0) is 19.0. The Kier molecular flexibility index (Phi) is 4.67. The number of aromatic nitrogens is 2. The average Bonchev–Trinajstić information content (AvgIpc) is 3.28. The number of piperidine rings is 1. The third-order valence-electron chi connectivity index (χ3n) is 6.02. The van der Waals surface area contributed by atoms with Gasteiger partial charge in [0.15, 0.2) is 4.96 Å². The number of nitrogens with zero attached hydrogens (tertiary/aromatic N) is 3. The first kappa shape index (κ1) is 17.9. The van der Waals surface area contributed by atoms with Gasteiger partial charge in [0.25, 0.3) is 0 Å². The minimum absolute atomic E-state index is 0.351. The molecule has 4 nitrogen and oxygen atoms in total. The molecule has 1 unspecified atom stereocenters. The Bertz CT molecular complexity index is 980. The molecule has 1 N–H and O–H groups in total. The van der Waals surface area contributed by atoms with E-state index in [9.17, 15) is 5.11 Å². The standard InChI is InChI=1S/C23H25N3OS/c27-23(11-5-2-6-12-23)19-9-13-25(14-10-19)15-20-16-26-17-21(28-22(26)24-20)18-7-3-1-4-8-18/h1-8,11,16-17,19,27H,9-10,12-15H2. The largest absolute Gasteiger partial charge is 0.385 e. The van der Waals surface area contributed by atoms with Crippen molar-refractivity contribution in [3.63, 3.8) is 0 Å². The van der Waals surface area contributed by atoms with Gasteiger partial charge < -0.3 is 5.11 Å². The average molecular weight is 392 g/mol. The van der Waals surface area contributed by atoms with Crippen LogP contribution < -0.4 is 0 Å². The number of hydrogen-bond acceptors (Lipinski definition) is 4. The predicted octanol–water partition coefficient (Wildman–Crippen LogP) is 4.52. The zero-order valence-electron chi connectivity index (χ0n) is 15.9. The minimum Gasteiger partial charge on any atom is -0.385 e. The Morgan fingerprint density at radius 2 is 1.93 bits per heavy atom. The van der Waals surface area contributed by atoms with Crippen LogP contribution in [0.2, 0.25) is 0 Å². The summed E-state index contributed by atoms with van der Waals surface area (Å²) >= 11 is 1.74. The van der Waals surface area contributed by atoms with E-state index in [-0.39, 0.29) is 0 Å². The molecule has 5 rings (SSSR count). The first-order valence-corrected chi connectivity index (χ1v) is 10.8. The molecule has 3 heterocycles. The number of benzene rings is 1. The van der Waals surface area contributed by atoms with Gasteiger partial charge in [-0.15, -0.1) is 0 Å². The van der Waals surface area contributed by atoms with E-state index < -0.39 is 5.60 Å². The summed E-state index contributed by atoms with van der Waals surface area (Å²) in [6.45, 7) is 2.92. The molecule has 0 radical (unpaired) electrons. The van der Waals surface area contributed by atoms with Gasteiger partial charge in [-0.2, -0.15) is 0 Å². The van der Waals surface area contributed by atoms with Crippen molar-refractivity contribution in [2.45, 2.75) is 31.4 Å². The highest BCUT2D eigenvalue weighted by Gasteiger charge is 2.36. The molecule has 28 heavy (non-hydrogen) atoms. The van der Waals surface area contributed by atoms with Gasteiger partial charge in [-0.3, -0.25) is 9.30 Å². The molecule has 2 aliphatic rings. The molecule has 0 amide bonds. The fourth-order valence-electron chi connectivity index (χ4n) is 4.40. The molecule has 0 saturated carbocycles. The number of fused-ring (bicyclic) bond motifs is 1. The number of likely N-dealkylation sites (tertiary alicyclic amines) is 1. The number of imidazole rings is 1. The fraction of sp³-hybridized carbons (Fsp3) is 0.348. The predicted molar refractivity (Wildman–Crippen MR) is 114 cm³/mol. The third-order valence-corrected chi connectivity index (χ3v) is 7.07. The van der Waals surface area contributed by atoms with Crippen molar-refractivity contribution < 1.29 is 5.11 Å². The molecule has 1 aliphatic carbocycles. The maximum absolute atomic E-state index is 10.9. The summed E-state index contributed by atoms with van der Waals surface area (Å²) in [6.07, 6.45) is 15.2. The van der Waals surface area contributed by atoms with Crippen LogP contribution >= 0.6 is 11.3 Å². The Morgan fingerprint density at radius 1 is 1.11 bits per heavy atom. The van der Waals surface area contributed by atoms with Crippen molar-refractivity contribution in [1.29, 1.82) is 0 Å². The van der Waals surface area contributed by atoms with Crippen molar-refractivity contribution in [1.82, 2.24) is 14.3 Å². The zero-order valence-corrected chi connectivity index (χ0v) is 16.7. The quantitative estimate of drug-likeness (QED) is 0.711. The van der Waals surface area contributed by atoms with Crippen LogP contribution in [0.1, 0.15) is 25.0 Å². The highest BCUT2D eigenvalue weighted by atomic mass is 32.1. The summed E-state index contributed by atoms with van der Waals surface area (Å²) in [6, 6.07) is 10.5. The van der Waals surface area contributed by atoms with Gasteiger partial charge in [-0.05, 0) is 43.8 Å². The first-order chi connectivity index (χ1) is 13.7. The molecule has 1 aliphatic heterocycles. The van der Waals surface area contributed by atoms with E-state index in [0.717, 1.165) is 49.6 Å². The van der Waals surface area contributed by atoms with Crippen LogP contribution in [0.3, 0.4) is 0 Å². The fourth-order valence-corrected chi connectivity index (χ4v) is 5.40. The Morgan fingerprint density at radius 3 is 2.64 bits per heavy atom. The van der Waals surface area contributed by atoms with Crippen molar-refractivity contribution >= 4 is 16.3 Å². The maximum Gasteiger partial charge on any atom is 0.194 e. The van der Waals surface area contributed by atoms with E-state index in [4.69, 9.17) is 4.98 Å². The molecule has 1 aromatic carbocycles. The molecular weight excluding hydrogens is 366 g/mol.